The molecule has 0 radical (unpaired) electrons. The largest absolute Gasteiger partial charge is 0.485 e. The molecule has 6 heteroatoms. The molecule has 2 heterocycles. The third-order valence-corrected chi connectivity index (χ3v) is 3.29. The number of carbonyl (C=O) groups is 1. The lowest BCUT2D eigenvalue weighted by atomic mass is 10.2. The van der Waals surface area contributed by atoms with E-state index in [0.29, 0.717) is 17.4 Å². The number of nitrogens with one attached hydrogen (secondary N) is 1. The Balaban J connectivity index is 1.59. The van der Waals surface area contributed by atoms with Crippen LogP contribution in [0.3, 0.4) is 0 Å². The number of hydrogen-bond acceptors (Lipinski definition) is 5. The van der Waals surface area contributed by atoms with Gasteiger partial charge in [-0.3, -0.25) is 4.79 Å². The number of benzene rings is 1. The molecule has 21 heavy (non-hydrogen) atoms. The van der Waals surface area contributed by atoms with Crippen LogP contribution < -0.4 is 14.8 Å². The number of carbonyl (C=O) groups excluding carboxylic acids is 1. The molecule has 1 unspecified atom stereocenters. The molecule has 0 aliphatic carbocycles. The Morgan fingerprint density at radius 3 is 2.81 bits per heavy atom. The van der Waals surface area contributed by atoms with E-state index in [-0.39, 0.29) is 19.1 Å². The minimum absolute atomic E-state index is 0.187. The molecule has 0 bridgehead atoms. The molecule has 6 nitrogen and oxygen atoms in total. The number of hydrogen-bond donors (Lipinski definition) is 1. The highest BCUT2D eigenvalue weighted by atomic mass is 16.6. The zero-order chi connectivity index (χ0) is 14.8. The lowest BCUT2D eigenvalue weighted by Crippen LogP contribution is -2.43. The number of ether oxygens (including phenoxy) is 2. The summed E-state index contributed by atoms with van der Waals surface area (Å²) in [7, 11) is 0. The molecular formula is C15H16N2O4. The van der Waals surface area contributed by atoms with Gasteiger partial charge in [-0.2, -0.15) is 0 Å². The summed E-state index contributed by atoms with van der Waals surface area (Å²) in [5.74, 6) is 2.21. The van der Waals surface area contributed by atoms with E-state index in [4.69, 9.17) is 13.9 Å². The monoisotopic (exact) mass is 288 g/mol. The number of amides is 1. The van der Waals surface area contributed by atoms with Gasteiger partial charge in [-0.05, 0) is 26.0 Å². The van der Waals surface area contributed by atoms with Gasteiger partial charge in [0.15, 0.2) is 11.5 Å². The molecular weight excluding hydrogens is 272 g/mol. The summed E-state index contributed by atoms with van der Waals surface area (Å²) in [6, 6.07) is 7.27. The molecule has 1 aromatic heterocycles. The molecule has 2 aromatic rings. The lowest BCUT2D eigenvalue weighted by Gasteiger charge is -2.25. The van der Waals surface area contributed by atoms with Crippen LogP contribution in [-0.4, -0.2) is 23.6 Å². The molecule has 3 rings (SSSR count). The number of aryl methyl sites for hydroxylation is 2. The summed E-state index contributed by atoms with van der Waals surface area (Å²) in [6.45, 7) is 4.11. The predicted molar refractivity (Wildman–Crippen MR) is 74.2 cm³/mol. The maximum atomic E-state index is 12.1. The highest BCUT2D eigenvalue weighted by molar-refractivity contribution is 5.81. The Morgan fingerprint density at radius 1 is 1.33 bits per heavy atom. The SMILES string of the molecule is Cc1nc(CNC(=O)C2COc3ccccc3O2)oc1C. The maximum Gasteiger partial charge on any atom is 0.265 e. The van der Waals surface area contributed by atoms with Crippen molar-refractivity contribution in [2.75, 3.05) is 6.61 Å². The van der Waals surface area contributed by atoms with Gasteiger partial charge in [0.25, 0.3) is 5.91 Å². The Kier molecular flexibility index (Phi) is 3.51. The minimum atomic E-state index is -0.669. The smallest absolute Gasteiger partial charge is 0.265 e. The quantitative estimate of drug-likeness (QED) is 0.931. The highest BCUT2D eigenvalue weighted by Crippen LogP contribution is 2.30. The van der Waals surface area contributed by atoms with Gasteiger partial charge in [-0.15, -0.1) is 0 Å². The van der Waals surface area contributed by atoms with Crippen LogP contribution in [0.1, 0.15) is 17.3 Å². The first-order valence-corrected chi connectivity index (χ1v) is 6.72. The summed E-state index contributed by atoms with van der Waals surface area (Å²) < 4.78 is 16.5. The van der Waals surface area contributed by atoms with Crippen molar-refractivity contribution >= 4 is 5.91 Å². The van der Waals surface area contributed by atoms with Crippen molar-refractivity contribution < 1.29 is 18.7 Å². The summed E-state index contributed by atoms with van der Waals surface area (Å²) in [5, 5.41) is 2.74. The average molecular weight is 288 g/mol. The topological polar surface area (TPSA) is 73.6 Å². The van der Waals surface area contributed by atoms with Crippen molar-refractivity contribution in [3.8, 4) is 11.5 Å². The molecule has 1 aliphatic rings. The predicted octanol–water partition coefficient (Wildman–Crippen LogP) is 1.75. The van der Waals surface area contributed by atoms with Crippen molar-refractivity contribution in [1.29, 1.82) is 0 Å². The Bertz CT molecular complexity index is 646. The molecule has 1 amide bonds. The van der Waals surface area contributed by atoms with Crippen LogP contribution in [0.4, 0.5) is 0 Å². The van der Waals surface area contributed by atoms with Crippen LogP contribution >= 0.6 is 0 Å². The number of rotatable bonds is 3. The second-order valence-electron chi connectivity index (χ2n) is 4.83. The van der Waals surface area contributed by atoms with E-state index in [9.17, 15) is 4.79 Å². The molecule has 1 N–H and O–H groups in total. The number of aromatic nitrogens is 1. The minimum Gasteiger partial charge on any atom is -0.485 e. The lowest BCUT2D eigenvalue weighted by molar-refractivity contribution is -0.130. The van der Waals surface area contributed by atoms with Gasteiger partial charge >= 0.3 is 0 Å². The van der Waals surface area contributed by atoms with E-state index < -0.39 is 6.10 Å². The first-order chi connectivity index (χ1) is 10.1. The van der Waals surface area contributed by atoms with Crippen LogP contribution in [0.5, 0.6) is 11.5 Å². The summed E-state index contributed by atoms with van der Waals surface area (Å²) in [5.41, 5.74) is 0.824. The second kappa shape index (κ2) is 5.47. The van der Waals surface area contributed by atoms with E-state index in [2.05, 4.69) is 10.3 Å². The van der Waals surface area contributed by atoms with Crippen molar-refractivity contribution in [3.05, 3.63) is 41.6 Å². The first-order valence-electron chi connectivity index (χ1n) is 6.72. The van der Waals surface area contributed by atoms with Crippen molar-refractivity contribution in [1.82, 2.24) is 10.3 Å². The van der Waals surface area contributed by atoms with Gasteiger partial charge in [0.1, 0.15) is 12.4 Å². The fourth-order valence-electron chi connectivity index (χ4n) is 2.04. The van der Waals surface area contributed by atoms with Crippen LogP contribution in [0.25, 0.3) is 0 Å². The van der Waals surface area contributed by atoms with Gasteiger partial charge in [-0.1, -0.05) is 12.1 Å². The number of nitrogens with zero attached hydrogens (tertiary/aromatic N) is 1. The van der Waals surface area contributed by atoms with Gasteiger partial charge in [0.05, 0.1) is 12.2 Å². The Hall–Kier alpha value is -2.50. The first kappa shape index (κ1) is 13.5. The molecule has 1 aromatic carbocycles. The molecule has 0 saturated heterocycles. The van der Waals surface area contributed by atoms with Crippen LogP contribution in [0.15, 0.2) is 28.7 Å². The summed E-state index contributed by atoms with van der Waals surface area (Å²) in [4.78, 5) is 16.3. The zero-order valence-corrected chi connectivity index (χ0v) is 11.9. The van der Waals surface area contributed by atoms with E-state index in [1.807, 2.05) is 32.0 Å². The standard InChI is InChI=1S/C15H16N2O4/c1-9-10(2)20-14(17-9)7-16-15(18)13-8-19-11-5-3-4-6-12(11)21-13/h3-6,13H,7-8H2,1-2H3,(H,16,18). The normalized spacial score (nSPS) is 16.6. The zero-order valence-electron chi connectivity index (χ0n) is 11.9. The van der Waals surface area contributed by atoms with E-state index in [1.165, 1.54) is 0 Å². The Morgan fingerprint density at radius 2 is 2.10 bits per heavy atom. The summed E-state index contributed by atoms with van der Waals surface area (Å²) >= 11 is 0. The second-order valence-corrected chi connectivity index (χ2v) is 4.83. The van der Waals surface area contributed by atoms with Gasteiger partial charge < -0.3 is 19.2 Å². The molecule has 0 saturated carbocycles. The maximum absolute atomic E-state index is 12.1. The molecule has 0 spiro atoms. The fourth-order valence-corrected chi connectivity index (χ4v) is 2.04. The third kappa shape index (κ3) is 2.84. The van der Waals surface area contributed by atoms with Gasteiger partial charge in [-0.25, -0.2) is 4.98 Å². The van der Waals surface area contributed by atoms with Gasteiger partial charge in [0.2, 0.25) is 12.0 Å². The van der Waals surface area contributed by atoms with Crippen LogP contribution in [-0.2, 0) is 11.3 Å². The van der Waals surface area contributed by atoms with E-state index >= 15 is 0 Å². The highest BCUT2D eigenvalue weighted by Gasteiger charge is 2.27. The van der Waals surface area contributed by atoms with Gasteiger partial charge in [0, 0.05) is 0 Å². The van der Waals surface area contributed by atoms with Crippen molar-refractivity contribution in [3.63, 3.8) is 0 Å². The average Bonchev–Trinajstić information content (AvgIpc) is 2.83. The number of para-hydroxylation sites is 2. The van der Waals surface area contributed by atoms with Crippen LogP contribution in [0, 0.1) is 13.8 Å². The Labute approximate surface area is 122 Å². The molecule has 1 atom stereocenters. The number of fused-ring (bicyclic) bond motifs is 1. The molecule has 1 aliphatic heterocycles. The summed E-state index contributed by atoms with van der Waals surface area (Å²) in [6.07, 6.45) is -0.669. The van der Waals surface area contributed by atoms with Crippen molar-refractivity contribution in [2.45, 2.75) is 26.5 Å². The molecule has 0 fully saturated rings. The van der Waals surface area contributed by atoms with E-state index in [0.717, 1.165) is 11.5 Å². The fraction of sp³-hybridized carbons (Fsp3) is 0.333. The van der Waals surface area contributed by atoms with Crippen molar-refractivity contribution in [2.24, 2.45) is 0 Å². The van der Waals surface area contributed by atoms with E-state index in [1.54, 1.807) is 6.07 Å². The third-order valence-electron chi connectivity index (χ3n) is 3.29. The number of oxazole rings is 1. The van der Waals surface area contributed by atoms with Crippen LogP contribution in [0.2, 0.25) is 0 Å². The molecule has 110 valence electrons.